The smallest absolute Gasteiger partial charge is 0.407 e. The first kappa shape index (κ1) is 38.5. The van der Waals surface area contributed by atoms with Crippen molar-refractivity contribution in [2.24, 2.45) is 0 Å². The lowest BCUT2D eigenvalue weighted by molar-refractivity contribution is -0.138. The van der Waals surface area contributed by atoms with E-state index in [1.807, 2.05) is 0 Å². The van der Waals surface area contributed by atoms with Gasteiger partial charge in [-0.15, -0.1) is 0 Å². The van der Waals surface area contributed by atoms with Gasteiger partial charge in [-0.2, -0.15) is 0 Å². The van der Waals surface area contributed by atoms with Crippen LogP contribution in [0.1, 0.15) is 54.7 Å². The zero-order valence-electron chi connectivity index (χ0n) is 27.7. The number of carbonyl (C=O) groups excluding carboxylic acids is 3. The third-order valence-corrected chi connectivity index (χ3v) is 7.14. The molecule has 0 spiro atoms. The van der Waals surface area contributed by atoms with E-state index in [0.29, 0.717) is 23.1 Å². The maximum atomic E-state index is 15.4. The first-order chi connectivity index (χ1) is 23.1. The molecule has 11 nitrogen and oxygen atoms in total. The van der Waals surface area contributed by atoms with Gasteiger partial charge in [-0.3, -0.25) is 4.79 Å². The Morgan fingerprint density at radius 3 is 2.27 bits per heavy atom. The van der Waals surface area contributed by atoms with Crippen LogP contribution in [0.5, 0.6) is 11.5 Å². The van der Waals surface area contributed by atoms with Gasteiger partial charge in [0.2, 0.25) is 5.78 Å². The number of Topliss-reactive ketones (excluding diaryl/α,β-unsaturated/α-hetero) is 1. The summed E-state index contributed by atoms with van der Waals surface area (Å²) in [6.07, 6.45) is -0.0457. The number of aliphatic hydroxyl groups excluding tert-OH is 1. The molecule has 3 aromatic rings. The van der Waals surface area contributed by atoms with Gasteiger partial charge in [0.25, 0.3) is 0 Å². The lowest BCUT2D eigenvalue weighted by Crippen LogP contribution is -2.32. The highest BCUT2D eigenvalue weighted by Gasteiger charge is 2.28. The van der Waals surface area contributed by atoms with Crippen LogP contribution in [0.15, 0.2) is 48.2 Å². The number of rotatable bonds is 14. The van der Waals surface area contributed by atoms with Gasteiger partial charge in [-0.25, -0.2) is 22.8 Å². The quantitative estimate of drug-likeness (QED) is 0.0359. The molecule has 0 aliphatic carbocycles. The molecule has 0 aliphatic rings. The van der Waals surface area contributed by atoms with Crippen molar-refractivity contribution in [1.29, 1.82) is 0 Å². The molecule has 0 atom stereocenters. The molecular weight excluding hydrogens is 671 g/mol. The number of alkyl carbamates (subject to hydrolysis) is 1. The van der Waals surface area contributed by atoms with E-state index in [2.05, 4.69) is 16.0 Å². The first-order valence-corrected chi connectivity index (χ1v) is 15.2. The summed E-state index contributed by atoms with van der Waals surface area (Å²) in [5.74, 6) is -4.68. The van der Waals surface area contributed by atoms with E-state index in [9.17, 15) is 19.5 Å². The fourth-order valence-corrected chi connectivity index (χ4v) is 4.62. The molecule has 0 unspecified atom stereocenters. The Morgan fingerprint density at radius 2 is 1.65 bits per heavy atom. The monoisotopic (exact) mass is 707 g/mol. The summed E-state index contributed by atoms with van der Waals surface area (Å²) in [5.41, 5.74) is -2.23. The fourth-order valence-electron chi connectivity index (χ4n) is 4.36. The van der Waals surface area contributed by atoms with Gasteiger partial charge in [-0.1, -0.05) is 11.6 Å². The van der Waals surface area contributed by atoms with Gasteiger partial charge in [0, 0.05) is 41.2 Å². The summed E-state index contributed by atoms with van der Waals surface area (Å²) >= 11 is 6.07. The molecule has 0 aromatic heterocycles. The van der Waals surface area contributed by atoms with Gasteiger partial charge in [0.1, 0.15) is 34.3 Å². The molecular formula is C34H37ClF3N3O8. The second kappa shape index (κ2) is 16.9. The van der Waals surface area contributed by atoms with Crippen LogP contribution in [0.4, 0.5) is 29.3 Å². The lowest BCUT2D eigenvalue weighted by atomic mass is 10.0. The Morgan fingerprint density at radius 1 is 0.939 bits per heavy atom. The minimum Gasteiger partial charge on any atom is -0.497 e. The van der Waals surface area contributed by atoms with Crippen LogP contribution in [-0.2, 0) is 34.0 Å². The van der Waals surface area contributed by atoms with E-state index in [1.165, 1.54) is 27.2 Å². The number of anilines is 2. The van der Waals surface area contributed by atoms with E-state index in [1.54, 1.807) is 39.0 Å². The summed E-state index contributed by atoms with van der Waals surface area (Å²) in [5, 5.41) is 16.9. The number of benzene rings is 3. The molecule has 264 valence electrons. The van der Waals surface area contributed by atoms with E-state index in [4.69, 9.17) is 30.5 Å². The van der Waals surface area contributed by atoms with Crippen molar-refractivity contribution in [3.63, 3.8) is 0 Å². The van der Waals surface area contributed by atoms with Crippen LogP contribution < -0.4 is 25.4 Å². The normalized spacial score (nSPS) is 11.4. The number of methoxy groups -OCH3 is 2. The minimum absolute atomic E-state index is 0.0227. The number of hydrogen-bond acceptors (Lipinski definition) is 10. The van der Waals surface area contributed by atoms with Crippen molar-refractivity contribution in [1.82, 2.24) is 5.32 Å². The zero-order chi connectivity index (χ0) is 36.5. The van der Waals surface area contributed by atoms with Gasteiger partial charge < -0.3 is 40.0 Å². The predicted molar refractivity (Wildman–Crippen MR) is 176 cm³/mol. The molecule has 15 heteroatoms. The third kappa shape index (κ3) is 10.0. The number of amides is 1. The standard InChI is InChI=1S/C34H37ClF3N3O8/c1-7-48-32(44)23(31(43)21-12-24(36)22(29(35)30(21)38)15-41-33(45)49-34(2,3)4)16-40-26-13-27(25(37)10-19(26)17-42)39-14-18-8-9-20(46-5)11-28(18)47-6/h8-13,16,39-40,42H,7,14-15,17H2,1-6H3,(H,41,45)/b23-16-. The van der Waals surface area contributed by atoms with Crippen LogP contribution in [0, 0.1) is 17.5 Å². The highest BCUT2D eigenvalue weighted by Crippen LogP contribution is 2.31. The molecule has 0 saturated carbocycles. The second-order valence-electron chi connectivity index (χ2n) is 11.3. The average Bonchev–Trinajstić information content (AvgIpc) is 3.05. The second-order valence-corrected chi connectivity index (χ2v) is 11.7. The maximum absolute atomic E-state index is 15.4. The van der Waals surface area contributed by atoms with Gasteiger partial charge >= 0.3 is 12.1 Å². The van der Waals surface area contributed by atoms with Crippen LogP contribution in [-0.4, -0.2) is 49.4 Å². The molecule has 3 rings (SSSR count). The van der Waals surface area contributed by atoms with Gasteiger partial charge in [0.15, 0.2) is 5.82 Å². The molecule has 3 aromatic carbocycles. The number of halogens is 4. The Labute approximate surface area is 286 Å². The summed E-state index contributed by atoms with van der Waals surface area (Å²) < 4.78 is 66.2. The first-order valence-electron chi connectivity index (χ1n) is 14.8. The number of hydrogen-bond donors (Lipinski definition) is 4. The number of carbonyl (C=O) groups is 3. The van der Waals surface area contributed by atoms with Crippen LogP contribution >= 0.6 is 11.6 Å². The molecule has 0 bridgehead atoms. The number of ketones is 1. The Balaban J connectivity index is 1.94. The van der Waals surface area contributed by atoms with Crippen molar-refractivity contribution in [2.75, 3.05) is 31.5 Å². The maximum Gasteiger partial charge on any atom is 0.407 e. The summed E-state index contributed by atoms with van der Waals surface area (Å²) in [6.45, 7) is 5.04. The summed E-state index contributed by atoms with van der Waals surface area (Å²) in [4.78, 5) is 38.3. The van der Waals surface area contributed by atoms with Gasteiger partial charge in [-0.05, 0) is 58.0 Å². The Bertz CT molecular complexity index is 1740. The van der Waals surface area contributed by atoms with Crippen molar-refractivity contribution in [3.05, 3.63) is 92.9 Å². The number of nitrogens with one attached hydrogen (secondary N) is 3. The van der Waals surface area contributed by atoms with E-state index in [0.717, 1.165) is 12.3 Å². The highest BCUT2D eigenvalue weighted by atomic mass is 35.5. The largest absolute Gasteiger partial charge is 0.497 e. The molecule has 0 fully saturated rings. The van der Waals surface area contributed by atoms with Crippen molar-refractivity contribution < 1.29 is 51.6 Å². The predicted octanol–water partition coefficient (Wildman–Crippen LogP) is 6.65. The topological polar surface area (TPSA) is 144 Å². The van der Waals surface area contributed by atoms with Crippen LogP contribution in [0.2, 0.25) is 5.02 Å². The van der Waals surface area contributed by atoms with Crippen LogP contribution in [0.3, 0.4) is 0 Å². The Kier molecular flexibility index (Phi) is 13.3. The summed E-state index contributed by atoms with van der Waals surface area (Å²) in [6, 6.07) is 7.94. The molecule has 0 radical (unpaired) electrons. The van der Waals surface area contributed by atoms with Crippen LogP contribution in [0.25, 0.3) is 0 Å². The highest BCUT2D eigenvalue weighted by molar-refractivity contribution is 6.33. The van der Waals surface area contributed by atoms with Crippen molar-refractivity contribution in [3.8, 4) is 11.5 Å². The SMILES string of the molecule is CCOC(=O)/C(=C\Nc1cc(NCc2ccc(OC)cc2OC)c(F)cc1CO)C(=O)c1cc(F)c(CNC(=O)OC(C)(C)C)c(Cl)c1F. The van der Waals surface area contributed by atoms with E-state index in [-0.39, 0.29) is 30.1 Å². The number of ether oxygens (including phenoxy) is 4. The van der Waals surface area contributed by atoms with Crippen molar-refractivity contribution >= 4 is 40.8 Å². The van der Waals surface area contributed by atoms with E-state index >= 15 is 13.2 Å². The molecule has 1 amide bonds. The zero-order valence-corrected chi connectivity index (χ0v) is 28.4. The lowest BCUT2D eigenvalue weighted by Gasteiger charge is -2.20. The summed E-state index contributed by atoms with van der Waals surface area (Å²) in [7, 11) is 2.97. The fraction of sp³-hybridized carbons (Fsp3) is 0.324. The molecule has 0 saturated heterocycles. The third-order valence-electron chi connectivity index (χ3n) is 6.75. The minimum atomic E-state index is -1.36. The molecule has 4 N–H and O–H groups in total. The Hall–Kier alpha value is -4.95. The van der Waals surface area contributed by atoms with E-state index < -0.39 is 75.8 Å². The average molecular weight is 708 g/mol. The van der Waals surface area contributed by atoms with Crippen molar-refractivity contribution in [2.45, 2.75) is 53.0 Å². The molecule has 0 aliphatic heterocycles. The molecule has 0 heterocycles. The molecule has 49 heavy (non-hydrogen) atoms. The van der Waals surface area contributed by atoms with Gasteiger partial charge in [0.05, 0.1) is 50.3 Å². The number of aliphatic hydroxyl groups is 1. The number of esters is 1.